The Hall–Kier alpha value is -2.34. The van der Waals surface area contributed by atoms with E-state index in [1.807, 2.05) is 24.3 Å². The van der Waals surface area contributed by atoms with Crippen LogP contribution >= 0.6 is 15.9 Å². The van der Waals surface area contributed by atoms with Gasteiger partial charge in [-0.25, -0.2) is 0 Å². The van der Waals surface area contributed by atoms with Crippen LogP contribution in [0.1, 0.15) is 23.2 Å². The zero-order valence-electron chi connectivity index (χ0n) is 13.3. The second kappa shape index (κ2) is 9.08. The quantitative estimate of drug-likeness (QED) is 0.709. The number of ether oxygens (including phenoxy) is 1. The van der Waals surface area contributed by atoms with Gasteiger partial charge in [0.2, 0.25) is 5.91 Å². The predicted octanol–water partition coefficient (Wildman–Crippen LogP) is 3.61. The number of anilines is 1. The van der Waals surface area contributed by atoms with Crippen LogP contribution in [0.15, 0.2) is 53.0 Å². The lowest BCUT2D eigenvalue weighted by Gasteiger charge is -2.08. The van der Waals surface area contributed by atoms with E-state index in [-0.39, 0.29) is 11.8 Å². The fourth-order valence-electron chi connectivity index (χ4n) is 2.03. The molecule has 2 aromatic carbocycles. The van der Waals surface area contributed by atoms with E-state index in [4.69, 9.17) is 4.74 Å². The van der Waals surface area contributed by atoms with Gasteiger partial charge in [-0.05, 0) is 55.0 Å². The minimum atomic E-state index is -0.155. The van der Waals surface area contributed by atoms with E-state index in [9.17, 15) is 9.59 Å². The number of carbonyl (C=O) groups excluding carboxylic acids is 2. The van der Waals surface area contributed by atoms with Crippen LogP contribution in [0.25, 0.3) is 0 Å². The number of benzene rings is 2. The smallest absolute Gasteiger partial charge is 0.251 e. The van der Waals surface area contributed by atoms with E-state index in [1.54, 1.807) is 31.3 Å². The lowest BCUT2D eigenvalue weighted by molar-refractivity contribution is -0.116. The number of halogens is 1. The van der Waals surface area contributed by atoms with Gasteiger partial charge < -0.3 is 15.4 Å². The van der Waals surface area contributed by atoms with Crippen molar-refractivity contribution < 1.29 is 14.3 Å². The Morgan fingerprint density at radius 2 is 1.71 bits per heavy atom. The molecule has 0 bridgehead atoms. The van der Waals surface area contributed by atoms with E-state index >= 15 is 0 Å². The number of rotatable bonds is 7. The number of amides is 2. The van der Waals surface area contributed by atoms with E-state index in [0.717, 1.165) is 10.2 Å². The average Bonchev–Trinajstić information content (AvgIpc) is 2.60. The maximum absolute atomic E-state index is 11.9. The molecule has 0 aliphatic carbocycles. The summed E-state index contributed by atoms with van der Waals surface area (Å²) in [5.74, 6) is 0.545. The van der Waals surface area contributed by atoms with Crippen molar-refractivity contribution in [3.63, 3.8) is 0 Å². The molecule has 0 aromatic heterocycles. The Morgan fingerprint density at radius 3 is 2.33 bits per heavy atom. The molecule has 0 unspecified atom stereocenters. The van der Waals surface area contributed by atoms with Crippen molar-refractivity contribution >= 4 is 33.4 Å². The molecule has 0 saturated heterocycles. The summed E-state index contributed by atoms with van der Waals surface area (Å²) < 4.78 is 6.57. The van der Waals surface area contributed by atoms with Crippen LogP contribution < -0.4 is 15.4 Å². The van der Waals surface area contributed by atoms with Gasteiger partial charge in [-0.1, -0.05) is 15.9 Å². The third kappa shape index (κ3) is 5.70. The minimum Gasteiger partial charge on any atom is -0.494 e. The van der Waals surface area contributed by atoms with Crippen LogP contribution in [-0.2, 0) is 4.79 Å². The summed E-state index contributed by atoms with van der Waals surface area (Å²) in [4.78, 5) is 23.3. The number of hydrogen-bond donors (Lipinski definition) is 2. The van der Waals surface area contributed by atoms with Gasteiger partial charge in [0.1, 0.15) is 5.75 Å². The number of nitrogens with one attached hydrogen (secondary N) is 2. The summed E-state index contributed by atoms with van der Waals surface area (Å²) >= 11 is 3.36. The lowest BCUT2D eigenvalue weighted by Crippen LogP contribution is -2.18. The van der Waals surface area contributed by atoms with E-state index < -0.39 is 0 Å². The highest BCUT2D eigenvalue weighted by Crippen LogP contribution is 2.16. The fraction of sp³-hybridized carbons (Fsp3) is 0.222. The van der Waals surface area contributed by atoms with Crippen LogP contribution in [0.4, 0.5) is 5.69 Å². The van der Waals surface area contributed by atoms with Crippen LogP contribution in [0.5, 0.6) is 5.75 Å². The first-order valence-electron chi connectivity index (χ1n) is 7.59. The molecule has 0 aliphatic heterocycles. The largest absolute Gasteiger partial charge is 0.494 e. The summed E-state index contributed by atoms with van der Waals surface area (Å²) in [7, 11) is 1.58. The normalized spacial score (nSPS) is 10.1. The second-order valence-corrected chi connectivity index (χ2v) is 6.03. The Balaban J connectivity index is 1.71. The molecule has 0 fully saturated rings. The molecule has 2 rings (SSSR count). The molecule has 24 heavy (non-hydrogen) atoms. The number of hydrogen-bond acceptors (Lipinski definition) is 3. The summed E-state index contributed by atoms with van der Waals surface area (Å²) in [5.41, 5.74) is 1.22. The molecule has 2 amide bonds. The topological polar surface area (TPSA) is 67.4 Å². The van der Waals surface area contributed by atoms with Crippen molar-refractivity contribution in [2.24, 2.45) is 0 Å². The van der Waals surface area contributed by atoms with Crippen LogP contribution in [0.3, 0.4) is 0 Å². The van der Waals surface area contributed by atoms with Crippen LogP contribution in [0.2, 0.25) is 0 Å². The first-order valence-corrected chi connectivity index (χ1v) is 8.38. The van der Waals surface area contributed by atoms with Crippen molar-refractivity contribution in [2.75, 3.05) is 19.0 Å². The highest BCUT2D eigenvalue weighted by molar-refractivity contribution is 9.10. The summed E-state index contributed by atoms with van der Waals surface area (Å²) in [6.45, 7) is 0.477. The maximum Gasteiger partial charge on any atom is 0.251 e. The molecule has 5 nitrogen and oxygen atoms in total. The Morgan fingerprint density at radius 1 is 1.04 bits per heavy atom. The molecule has 126 valence electrons. The molecule has 0 spiro atoms. The standard InChI is InChI=1S/C18H19BrN2O3/c1-20-18(23)13-4-8-15(9-5-13)21-17(22)3-2-12-24-16-10-6-14(19)7-11-16/h4-11H,2-3,12H2,1H3,(H,20,23)(H,21,22). The first-order chi connectivity index (χ1) is 11.6. The van der Waals surface area contributed by atoms with Crippen molar-refractivity contribution in [3.8, 4) is 5.75 Å². The van der Waals surface area contributed by atoms with E-state index in [2.05, 4.69) is 26.6 Å². The fourth-order valence-corrected chi connectivity index (χ4v) is 2.29. The van der Waals surface area contributed by atoms with Gasteiger partial charge >= 0.3 is 0 Å². The highest BCUT2D eigenvalue weighted by atomic mass is 79.9. The van der Waals surface area contributed by atoms with Gasteiger partial charge in [-0.15, -0.1) is 0 Å². The maximum atomic E-state index is 11.9. The van der Waals surface area contributed by atoms with Crippen molar-refractivity contribution in [2.45, 2.75) is 12.8 Å². The SMILES string of the molecule is CNC(=O)c1ccc(NC(=O)CCCOc2ccc(Br)cc2)cc1. The van der Waals surface area contributed by atoms with Crippen molar-refractivity contribution in [1.29, 1.82) is 0 Å². The average molecular weight is 391 g/mol. The van der Waals surface area contributed by atoms with Gasteiger partial charge in [0, 0.05) is 29.2 Å². The predicted molar refractivity (Wildman–Crippen MR) is 97.3 cm³/mol. The molecule has 2 N–H and O–H groups in total. The Bertz CT molecular complexity index is 684. The Labute approximate surface area is 149 Å². The summed E-state index contributed by atoms with van der Waals surface area (Å²) in [6, 6.07) is 14.3. The lowest BCUT2D eigenvalue weighted by atomic mass is 10.2. The molecule has 0 aliphatic rings. The first kappa shape index (κ1) is 18.0. The summed E-state index contributed by atoms with van der Waals surface area (Å²) in [5, 5.41) is 5.35. The number of carbonyl (C=O) groups is 2. The highest BCUT2D eigenvalue weighted by Gasteiger charge is 2.05. The van der Waals surface area contributed by atoms with Gasteiger partial charge in [-0.3, -0.25) is 9.59 Å². The molecule has 0 radical (unpaired) electrons. The van der Waals surface area contributed by atoms with Gasteiger partial charge in [0.05, 0.1) is 6.61 Å². The monoisotopic (exact) mass is 390 g/mol. The molecule has 2 aromatic rings. The third-order valence-electron chi connectivity index (χ3n) is 3.29. The molecule has 0 heterocycles. The molecular formula is C18H19BrN2O3. The van der Waals surface area contributed by atoms with Gasteiger partial charge in [-0.2, -0.15) is 0 Å². The third-order valence-corrected chi connectivity index (χ3v) is 3.82. The van der Waals surface area contributed by atoms with Gasteiger partial charge in [0.15, 0.2) is 0 Å². The van der Waals surface area contributed by atoms with E-state index in [0.29, 0.717) is 30.7 Å². The van der Waals surface area contributed by atoms with Crippen LogP contribution in [0, 0.1) is 0 Å². The van der Waals surface area contributed by atoms with Crippen molar-refractivity contribution in [1.82, 2.24) is 5.32 Å². The molecule has 6 heteroatoms. The Kier molecular flexibility index (Phi) is 6.81. The van der Waals surface area contributed by atoms with Crippen LogP contribution in [-0.4, -0.2) is 25.5 Å². The molecule has 0 saturated carbocycles. The second-order valence-electron chi connectivity index (χ2n) is 5.11. The molecular weight excluding hydrogens is 372 g/mol. The summed E-state index contributed by atoms with van der Waals surface area (Å²) in [6.07, 6.45) is 0.992. The zero-order valence-corrected chi connectivity index (χ0v) is 14.9. The minimum absolute atomic E-state index is 0.0814. The van der Waals surface area contributed by atoms with E-state index in [1.165, 1.54) is 0 Å². The zero-order chi connectivity index (χ0) is 17.4. The molecule has 0 atom stereocenters. The van der Waals surface area contributed by atoms with Gasteiger partial charge in [0.25, 0.3) is 5.91 Å². The van der Waals surface area contributed by atoms with Crippen molar-refractivity contribution in [3.05, 3.63) is 58.6 Å².